The molecule has 0 bridgehead atoms. The molecule has 0 saturated carbocycles. The highest BCUT2D eigenvalue weighted by atomic mass is 32.1. The lowest BCUT2D eigenvalue weighted by molar-refractivity contribution is 0.0621. The van der Waals surface area contributed by atoms with Gasteiger partial charge in [-0.15, -0.1) is 11.3 Å². The number of nitrogens with zero attached hydrogens (tertiary/aromatic N) is 2. The highest BCUT2D eigenvalue weighted by Gasteiger charge is 2.34. The third-order valence-electron chi connectivity index (χ3n) is 5.61. The minimum absolute atomic E-state index is 0.0952. The molecule has 1 aliphatic rings. The van der Waals surface area contributed by atoms with E-state index in [0.717, 1.165) is 15.8 Å². The number of carbonyl (C=O) groups is 3. The molecule has 2 N–H and O–H groups in total. The van der Waals surface area contributed by atoms with Crippen LogP contribution in [-0.2, 0) is 20.8 Å². The Morgan fingerprint density at radius 3 is 2.21 bits per heavy atom. The van der Waals surface area contributed by atoms with Crippen molar-refractivity contribution < 1.29 is 28.6 Å². The highest BCUT2D eigenvalue weighted by molar-refractivity contribution is 7.23. The van der Waals surface area contributed by atoms with Crippen LogP contribution >= 0.6 is 11.3 Å². The van der Waals surface area contributed by atoms with E-state index in [2.05, 4.69) is 15.6 Å². The number of fused-ring (bicyclic) bond motifs is 1. The minimum Gasteiger partial charge on any atom is -0.445 e. The predicted octanol–water partition coefficient (Wildman–Crippen LogP) is 6.73. The van der Waals surface area contributed by atoms with E-state index in [1.807, 2.05) is 36.4 Å². The first-order valence-corrected chi connectivity index (χ1v) is 13.5. The zero-order valence-corrected chi connectivity index (χ0v) is 23.8. The van der Waals surface area contributed by atoms with Crippen LogP contribution in [0.1, 0.15) is 58.6 Å². The van der Waals surface area contributed by atoms with Crippen LogP contribution in [0.2, 0.25) is 0 Å². The molecule has 1 aromatic carbocycles. The average Bonchev–Trinajstić information content (AvgIpc) is 3.10. The first-order chi connectivity index (χ1) is 18.3. The van der Waals surface area contributed by atoms with Crippen molar-refractivity contribution in [1.29, 1.82) is 0 Å². The maximum atomic E-state index is 12.6. The summed E-state index contributed by atoms with van der Waals surface area (Å²) in [5.74, 6) is 0.0952. The monoisotopic (exact) mass is 554 g/mol. The Morgan fingerprint density at radius 1 is 0.974 bits per heavy atom. The number of carbonyl (C=O) groups excluding carboxylic acids is 3. The number of hydrogen-bond donors (Lipinski definition) is 2. The summed E-state index contributed by atoms with van der Waals surface area (Å²) in [7, 11) is 0. The van der Waals surface area contributed by atoms with Gasteiger partial charge in [-0.25, -0.2) is 14.4 Å². The van der Waals surface area contributed by atoms with Gasteiger partial charge in [0.2, 0.25) is 0 Å². The van der Waals surface area contributed by atoms with Crippen molar-refractivity contribution in [3.05, 3.63) is 53.7 Å². The number of benzene rings is 1. The Hall–Kier alpha value is -3.86. The smallest absolute Gasteiger partial charge is 0.412 e. The van der Waals surface area contributed by atoms with E-state index in [1.165, 1.54) is 11.3 Å². The molecule has 2 aromatic heterocycles. The normalized spacial score (nSPS) is 13.9. The Morgan fingerprint density at radius 2 is 1.59 bits per heavy atom. The van der Waals surface area contributed by atoms with E-state index in [1.54, 1.807) is 52.6 Å². The molecule has 1 fully saturated rings. The van der Waals surface area contributed by atoms with Crippen LogP contribution in [0.4, 0.5) is 25.1 Å². The van der Waals surface area contributed by atoms with Crippen LogP contribution in [0, 0.1) is 0 Å². The molecule has 0 unspecified atom stereocenters. The number of nitrogens with one attached hydrogen (secondary N) is 2. The van der Waals surface area contributed by atoms with Crippen LogP contribution in [0.15, 0.2) is 42.6 Å². The van der Waals surface area contributed by atoms with Gasteiger partial charge >= 0.3 is 18.3 Å². The second kappa shape index (κ2) is 11.1. The third kappa shape index (κ3) is 7.60. The maximum Gasteiger partial charge on any atom is 0.412 e. The molecule has 0 radical (unpaired) electrons. The lowest BCUT2D eigenvalue weighted by Crippen LogP contribution is -2.48. The van der Waals surface area contributed by atoms with Gasteiger partial charge in [0.25, 0.3) is 0 Å². The summed E-state index contributed by atoms with van der Waals surface area (Å²) < 4.78 is 17.0. The number of pyridine rings is 1. The van der Waals surface area contributed by atoms with Gasteiger partial charge in [-0.1, -0.05) is 30.3 Å². The van der Waals surface area contributed by atoms with Gasteiger partial charge in [0.1, 0.15) is 34.0 Å². The molecule has 3 aromatic rings. The Bertz CT molecular complexity index is 1350. The van der Waals surface area contributed by atoms with Gasteiger partial charge in [0, 0.05) is 25.2 Å². The van der Waals surface area contributed by atoms with Crippen molar-refractivity contribution in [2.75, 3.05) is 23.7 Å². The fraction of sp³-hybridized carbons (Fsp3) is 0.429. The van der Waals surface area contributed by atoms with Crippen molar-refractivity contribution in [1.82, 2.24) is 9.88 Å². The number of ether oxygens (including phenoxy) is 3. The summed E-state index contributed by atoms with van der Waals surface area (Å²) >= 11 is 1.27. The highest BCUT2D eigenvalue weighted by Crippen LogP contribution is 2.41. The van der Waals surface area contributed by atoms with E-state index < -0.39 is 23.4 Å². The molecule has 1 aliphatic heterocycles. The molecule has 3 amide bonds. The molecule has 0 atom stereocenters. The largest absolute Gasteiger partial charge is 0.445 e. The first kappa shape index (κ1) is 28.2. The molecule has 4 rings (SSSR count). The van der Waals surface area contributed by atoms with Crippen molar-refractivity contribution in [2.24, 2.45) is 0 Å². The number of hydrogen-bond acceptors (Lipinski definition) is 8. The fourth-order valence-electron chi connectivity index (χ4n) is 3.87. The maximum absolute atomic E-state index is 12.6. The van der Waals surface area contributed by atoms with Gasteiger partial charge in [-0.2, -0.15) is 0 Å². The molecule has 0 spiro atoms. The zero-order chi connectivity index (χ0) is 28.4. The van der Waals surface area contributed by atoms with Gasteiger partial charge in [-0.3, -0.25) is 15.6 Å². The summed E-state index contributed by atoms with van der Waals surface area (Å²) in [4.78, 5) is 43.7. The van der Waals surface area contributed by atoms with Crippen LogP contribution in [0.3, 0.4) is 0 Å². The Balaban J connectivity index is 1.48. The Kier molecular flexibility index (Phi) is 8.01. The molecule has 39 heavy (non-hydrogen) atoms. The lowest BCUT2D eigenvalue weighted by atomic mass is 9.93. The Labute approximate surface area is 231 Å². The van der Waals surface area contributed by atoms with Crippen molar-refractivity contribution in [3.63, 3.8) is 0 Å². The number of anilines is 2. The molecule has 3 heterocycles. The number of likely N-dealkylation sites (tertiary alicyclic amines) is 1. The summed E-state index contributed by atoms with van der Waals surface area (Å²) in [5.41, 5.74) is 1.34. The van der Waals surface area contributed by atoms with E-state index in [0.29, 0.717) is 29.3 Å². The molecule has 1 saturated heterocycles. The summed E-state index contributed by atoms with van der Waals surface area (Å²) in [5, 5.41) is 5.84. The van der Waals surface area contributed by atoms with Crippen molar-refractivity contribution in [2.45, 2.75) is 65.3 Å². The van der Waals surface area contributed by atoms with Gasteiger partial charge < -0.3 is 19.1 Å². The summed E-state index contributed by atoms with van der Waals surface area (Å²) in [6.45, 7) is 11.9. The quantitative estimate of drug-likeness (QED) is 0.336. The van der Waals surface area contributed by atoms with Gasteiger partial charge in [0.05, 0.1) is 4.70 Å². The standard InChI is InChI=1S/C28H34N4O6S/c1-27(2,3)37-24(33)30-22-21-20(39-23(22)31-25(34)38-28(4,5)6)12-18(13-29-21)19-14-32(15-19)26(35)36-16-17-10-8-7-9-11-17/h7-13,19H,14-16H2,1-6H3,(H,30,33)(H,31,34). The van der Waals surface area contributed by atoms with Crippen LogP contribution in [-0.4, -0.2) is 52.5 Å². The van der Waals surface area contributed by atoms with E-state index >= 15 is 0 Å². The topological polar surface area (TPSA) is 119 Å². The molecule has 0 aliphatic carbocycles. The number of amides is 3. The molecule has 11 heteroatoms. The van der Waals surface area contributed by atoms with Crippen molar-refractivity contribution >= 4 is 50.5 Å². The lowest BCUT2D eigenvalue weighted by Gasteiger charge is -2.38. The van der Waals surface area contributed by atoms with Gasteiger partial charge in [-0.05, 0) is 58.7 Å². The van der Waals surface area contributed by atoms with Crippen molar-refractivity contribution in [3.8, 4) is 0 Å². The number of rotatable bonds is 5. The predicted molar refractivity (Wildman–Crippen MR) is 150 cm³/mol. The molecule has 10 nitrogen and oxygen atoms in total. The van der Waals surface area contributed by atoms with Gasteiger partial charge in [0.15, 0.2) is 0 Å². The molecular formula is C28H34N4O6S. The number of aromatic nitrogens is 1. The second-order valence-electron chi connectivity index (χ2n) is 11.3. The number of thiophene rings is 1. The molecule has 208 valence electrons. The van der Waals surface area contributed by atoms with Crippen LogP contribution in [0.5, 0.6) is 0 Å². The van der Waals surface area contributed by atoms with Crippen LogP contribution < -0.4 is 10.6 Å². The fourth-order valence-corrected chi connectivity index (χ4v) is 4.92. The second-order valence-corrected chi connectivity index (χ2v) is 12.4. The average molecular weight is 555 g/mol. The first-order valence-electron chi connectivity index (χ1n) is 12.7. The van der Waals surface area contributed by atoms with E-state index in [-0.39, 0.29) is 18.6 Å². The molecular weight excluding hydrogens is 520 g/mol. The van der Waals surface area contributed by atoms with E-state index in [9.17, 15) is 14.4 Å². The summed E-state index contributed by atoms with van der Waals surface area (Å²) in [6.07, 6.45) is 0.0614. The third-order valence-corrected chi connectivity index (χ3v) is 6.65. The van der Waals surface area contributed by atoms with E-state index in [4.69, 9.17) is 14.2 Å². The minimum atomic E-state index is -0.701. The zero-order valence-electron chi connectivity index (χ0n) is 23.0. The SMILES string of the molecule is CC(C)(C)OC(=O)Nc1sc2cc(C3CN(C(=O)OCc4ccccc4)C3)cnc2c1NC(=O)OC(C)(C)C. The summed E-state index contributed by atoms with van der Waals surface area (Å²) in [6, 6.07) is 11.5. The van der Waals surface area contributed by atoms with Crippen LogP contribution in [0.25, 0.3) is 10.2 Å².